The lowest BCUT2D eigenvalue weighted by atomic mass is 10.0. The van der Waals surface area contributed by atoms with Gasteiger partial charge in [-0.15, -0.1) is 26.6 Å². The maximum absolute atomic E-state index is 13.0. The Morgan fingerprint density at radius 1 is 1.30 bits per heavy atom. The zero-order chi connectivity index (χ0) is 19.6. The number of nitrogens with zero attached hydrogens (tertiary/aromatic N) is 5. The van der Waals surface area contributed by atoms with Crippen LogP contribution in [0.15, 0.2) is 23.7 Å². The molecule has 0 saturated heterocycles. The molecular formula is C15H16F3N7OS. The topological polar surface area (TPSA) is 97.1 Å². The van der Waals surface area contributed by atoms with Crippen LogP contribution in [0.25, 0.3) is 5.65 Å². The Bertz CT molecular complexity index is 923. The third-order valence-electron chi connectivity index (χ3n) is 3.52. The summed E-state index contributed by atoms with van der Waals surface area (Å²) in [4.78, 5) is 16.5. The minimum atomic E-state index is -4.69. The molecule has 3 rings (SSSR count). The molecular weight excluding hydrogens is 383 g/mol. The summed E-state index contributed by atoms with van der Waals surface area (Å²) in [6.45, 7) is 3.87. The number of aromatic nitrogens is 5. The van der Waals surface area contributed by atoms with E-state index in [1.54, 1.807) is 11.6 Å². The highest BCUT2D eigenvalue weighted by atomic mass is 32.1. The molecule has 3 aromatic heterocycles. The maximum Gasteiger partial charge on any atom is 0.453 e. The van der Waals surface area contributed by atoms with Crippen LogP contribution in [-0.4, -0.2) is 36.7 Å². The summed E-state index contributed by atoms with van der Waals surface area (Å²) in [5.74, 6) is -1.31. The summed E-state index contributed by atoms with van der Waals surface area (Å²) < 4.78 is 39.6. The van der Waals surface area contributed by atoms with Crippen molar-refractivity contribution in [3.05, 3.63) is 29.5 Å². The highest BCUT2D eigenvalue weighted by Crippen LogP contribution is 2.27. The van der Waals surface area contributed by atoms with Gasteiger partial charge in [0.1, 0.15) is 11.9 Å². The molecule has 8 nitrogen and oxygen atoms in total. The SMILES string of the molecule is CC(C)C[C@H](Nc1ccc2nnc(C(F)(F)F)n2n1)C(=O)Nc1nccs1. The van der Waals surface area contributed by atoms with Crippen LogP contribution in [0.2, 0.25) is 0 Å². The molecule has 0 aliphatic rings. The molecule has 0 unspecified atom stereocenters. The summed E-state index contributed by atoms with van der Waals surface area (Å²) in [5, 5.41) is 18.2. The number of carbonyl (C=O) groups excluding carboxylic acids is 1. The molecule has 0 spiro atoms. The average Bonchev–Trinajstić information content (AvgIpc) is 3.22. The van der Waals surface area contributed by atoms with Crippen molar-refractivity contribution in [2.45, 2.75) is 32.5 Å². The average molecular weight is 399 g/mol. The monoisotopic (exact) mass is 399 g/mol. The molecule has 0 radical (unpaired) electrons. The first kappa shape index (κ1) is 19.0. The Kier molecular flexibility index (Phi) is 5.26. The number of anilines is 2. The zero-order valence-electron chi connectivity index (χ0n) is 14.4. The van der Waals surface area contributed by atoms with Gasteiger partial charge in [-0.3, -0.25) is 4.79 Å². The molecule has 0 bridgehead atoms. The van der Waals surface area contributed by atoms with E-state index in [1.165, 1.54) is 23.5 Å². The minimum absolute atomic E-state index is 0.0412. The normalized spacial score (nSPS) is 13.1. The molecule has 27 heavy (non-hydrogen) atoms. The summed E-state index contributed by atoms with van der Waals surface area (Å²) in [6, 6.07) is 2.10. The fourth-order valence-electron chi connectivity index (χ4n) is 2.40. The number of carbonyl (C=O) groups is 1. The van der Waals surface area contributed by atoms with E-state index in [9.17, 15) is 18.0 Å². The lowest BCUT2D eigenvalue weighted by Crippen LogP contribution is -2.36. The van der Waals surface area contributed by atoms with Gasteiger partial charge in [0.05, 0.1) is 0 Å². The second-order valence-corrected chi connectivity index (χ2v) is 7.06. The highest BCUT2D eigenvalue weighted by molar-refractivity contribution is 7.13. The number of hydrogen-bond acceptors (Lipinski definition) is 7. The van der Waals surface area contributed by atoms with Gasteiger partial charge in [-0.05, 0) is 24.5 Å². The van der Waals surface area contributed by atoms with E-state index in [1.807, 2.05) is 13.8 Å². The van der Waals surface area contributed by atoms with Crippen LogP contribution in [0.5, 0.6) is 0 Å². The van der Waals surface area contributed by atoms with E-state index >= 15 is 0 Å². The van der Waals surface area contributed by atoms with Gasteiger partial charge in [-0.1, -0.05) is 13.8 Å². The Morgan fingerprint density at radius 3 is 2.70 bits per heavy atom. The number of hydrogen-bond donors (Lipinski definition) is 2. The molecule has 12 heteroatoms. The van der Waals surface area contributed by atoms with Gasteiger partial charge in [0, 0.05) is 11.6 Å². The quantitative estimate of drug-likeness (QED) is 0.661. The van der Waals surface area contributed by atoms with Crippen molar-refractivity contribution in [2.75, 3.05) is 10.6 Å². The highest BCUT2D eigenvalue weighted by Gasteiger charge is 2.37. The first-order valence-corrected chi connectivity index (χ1v) is 8.88. The number of thiazole rings is 1. The number of halogens is 3. The first-order chi connectivity index (χ1) is 12.7. The van der Waals surface area contributed by atoms with Crippen LogP contribution in [0.3, 0.4) is 0 Å². The molecule has 3 aromatic rings. The Hall–Kier alpha value is -2.76. The number of nitrogens with one attached hydrogen (secondary N) is 2. The predicted molar refractivity (Wildman–Crippen MR) is 93.4 cm³/mol. The van der Waals surface area contributed by atoms with Crippen LogP contribution in [0, 0.1) is 5.92 Å². The molecule has 3 heterocycles. The van der Waals surface area contributed by atoms with Crippen molar-refractivity contribution in [3.8, 4) is 0 Å². The molecule has 1 atom stereocenters. The largest absolute Gasteiger partial charge is 0.453 e. The molecule has 144 valence electrons. The summed E-state index contributed by atoms with van der Waals surface area (Å²) >= 11 is 1.27. The second-order valence-electron chi connectivity index (χ2n) is 6.16. The van der Waals surface area contributed by atoms with Crippen molar-refractivity contribution in [1.29, 1.82) is 0 Å². The van der Waals surface area contributed by atoms with Crippen molar-refractivity contribution >= 4 is 33.8 Å². The molecule has 0 aromatic carbocycles. The van der Waals surface area contributed by atoms with E-state index in [0.717, 1.165) is 0 Å². The molecule has 1 amide bonds. The van der Waals surface area contributed by atoms with Crippen molar-refractivity contribution in [2.24, 2.45) is 5.92 Å². The molecule has 0 aliphatic heterocycles. The van der Waals surface area contributed by atoms with Gasteiger partial charge < -0.3 is 10.6 Å². The number of fused-ring (bicyclic) bond motifs is 1. The summed E-state index contributed by atoms with van der Waals surface area (Å²) in [5.41, 5.74) is -0.0412. The fraction of sp³-hybridized carbons (Fsp3) is 0.400. The molecule has 0 saturated carbocycles. The Morgan fingerprint density at radius 2 is 2.07 bits per heavy atom. The van der Waals surface area contributed by atoms with Crippen LogP contribution in [0.4, 0.5) is 24.1 Å². The first-order valence-electron chi connectivity index (χ1n) is 8.00. The van der Waals surface area contributed by atoms with Crippen LogP contribution in [-0.2, 0) is 11.0 Å². The number of alkyl halides is 3. The summed E-state index contributed by atoms with van der Waals surface area (Å²) in [6.07, 6.45) is -2.68. The summed E-state index contributed by atoms with van der Waals surface area (Å²) in [7, 11) is 0. The minimum Gasteiger partial charge on any atom is -0.357 e. The molecule has 0 fully saturated rings. The van der Waals surface area contributed by atoms with Crippen molar-refractivity contribution < 1.29 is 18.0 Å². The zero-order valence-corrected chi connectivity index (χ0v) is 15.2. The van der Waals surface area contributed by atoms with E-state index in [0.29, 0.717) is 16.1 Å². The smallest absolute Gasteiger partial charge is 0.357 e. The Balaban J connectivity index is 1.85. The van der Waals surface area contributed by atoms with Crippen LogP contribution < -0.4 is 10.6 Å². The van der Waals surface area contributed by atoms with E-state index in [-0.39, 0.29) is 23.3 Å². The van der Waals surface area contributed by atoms with E-state index in [2.05, 4.69) is 30.9 Å². The van der Waals surface area contributed by atoms with E-state index < -0.39 is 18.0 Å². The van der Waals surface area contributed by atoms with Crippen LogP contribution >= 0.6 is 11.3 Å². The predicted octanol–water partition coefficient (Wildman–Crippen LogP) is 3.06. The third-order valence-corrected chi connectivity index (χ3v) is 4.21. The van der Waals surface area contributed by atoms with Gasteiger partial charge in [0.15, 0.2) is 10.8 Å². The number of rotatable bonds is 6. The second kappa shape index (κ2) is 7.47. The lowest BCUT2D eigenvalue weighted by molar-refractivity contribution is -0.146. The third kappa shape index (κ3) is 4.51. The standard InChI is InChI=1S/C15H16F3N7OS/c1-8(2)7-9(12(26)21-14-19-5-6-27-14)20-10-3-4-11-22-23-13(15(16,17)18)25(11)24-10/h3-6,8-9H,7H2,1-2H3,(H,20,24)(H,19,21,26)/t9-/m0/s1. The van der Waals surface area contributed by atoms with Gasteiger partial charge in [-0.2, -0.15) is 17.7 Å². The van der Waals surface area contributed by atoms with Crippen LogP contribution in [0.1, 0.15) is 26.1 Å². The molecule has 2 N–H and O–H groups in total. The van der Waals surface area contributed by atoms with Gasteiger partial charge in [-0.25, -0.2) is 4.98 Å². The maximum atomic E-state index is 13.0. The van der Waals surface area contributed by atoms with Gasteiger partial charge >= 0.3 is 6.18 Å². The fourth-order valence-corrected chi connectivity index (χ4v) is 2.93. The lowest BCUT2D eigenvalue weighted by Gasteiger charge is -2.20. The Labute approximate surface area is 155 Å². The van der Waals surface area contributed by atoms with E-state index in [4.69, 9.17) is 0 Å². The number of amides is 1. The van der Waals surface area contributed by atoms with Gasteiger partial charge in [0.2, 0.25) is 5.91 Å². The molecule has 0 aliphatic carbocycles. The van der Waals surface area contributed by atoms with Crippen molar-refractivity contribution in [1.82, 2.24) is 24.8 Å². The van der Waals surface area contributed by atoms with Gasteiger partial charge in [0.25, 0.3) is 5.82 Å². The van der Waals surface area contributed by atoms with Crippen molar-refractivity contribution in [3.63, 3.8) is 0 Å².